The molecule has 0 aliphatic rings. The molecule has 0 atom stereocenters. The Kier molecular flexibility index (Phi) is 3.42. The number of nitrogens with zero attached hydrogens (tertiary/aromatic N) is 1. The molecule has 0 radical (unpaired) electrons. The molecule has 0 bridgehead atoms. The zero-order valence-electron chi connectivity index (χ0n) is 15.1. The van der Waals surface area contributed by atoms with Crippen LogP contribution in [-0.2, 0) is 7.05 Å². The third-order valence-electron chi connectivity index (χ3n) is 4.52. The molecule has 112 valence electrons. The van der Waals surface area contributed by atoms with E-state index in [0.717, 1.165) is 16.5 Å². The van der Waals surface area contributed by atoms with Gasteiger partial charge in [-0.1, -0.05) is 44.2 Å². The number of aromatic nitrogens is 1. The molecule has 0 saturated carbocycles. The van der Waals surface area contributed by atoms with Gasteiger partial charge >= 0.3 is 0 Å². The number of fused-ring (bicyclic) bond motifs is 1. The zero-order chi connectivity index (χ0) is 16.7. The molecule has 0 amide bonds. The predicted molar refractivity (Wildman–Crippen MR) is 94.1 cm³/mol. The molecule has 2 aromatic carbocycles. The molecule has 1 aromatic heterocycles. The fourth-order valence-corrected chi connectivity index (χ4v) is 3.02. The summed E-state index contributed by atoms with van der Waals surface area (Å²) in [4.78, 5) is 0. The Bertz CT molecular complexity index is 894. The molecule has 0 aliphatic carbocycles. The van der Waals surface area contributed by atoms with Crippen LogP contribution in [0.5, 0.6) is 0 Å². The van der Waals surface area contributed by atoms with E-state index in [2.05, 4.69) is 74.9 Å². The minimum atomic E-state index is 0.468. The lowest BCUT2D eigenvalue weighted by molar-refractivity contribution is -0.665. The van der Waals surface area contributed by atoms with Gasteiger partial charge in [-0.05, 0) is 41.5 Å². The average Bonchev–Trinajstić information content (AvgIpc) is 2.54. The van der Waals surface area contributed by atoms with Gasteiger partial charge in [-0.2, -0.15) is 4.57 Å². The maximum Gasteiger partial charge on any atom is 0.220 e. The third kappa shape index (κ3) is 2.41. The van der Waals surface area contributed by atoms with Crippen molar-refractivity contribution < 1.29 is 5.94 Å². The van der Waals surface area contributed by atoms with Crippen LogP contribution in [0.2, 0.25) is 0 Å². The first-order valence-corrected chi connectivity index (χ1v) is 7.90. The average molecular weight is 291 g/mol. The van der Waals surface area contributed by atoms with Crippen molar-refractivity contribution in [3.05, 3.63) is 65.3 Å². The Morgan fingerprint density at radius 1 is 1.05 bits per heavy atom. The van der Waals surface area contributed by atoms with Crippen LogP contribution in [0.3, 0.4) is 0 Å². The Morgan fingerprint density at radius 2 is 1.77 bits per heavy atom. The van der Waals surface area contributed by atoms with E-state index < -0.39 is 0 Å². The highest BCUT2D eigenvalue weighted by molar-refractivity contribution is 5.94. The van der Waals surface area contributed by atoms with Gasteiger partial charge in [0.2, 0.25) is 5.69 Å². The maximum atomic E-state index is 8.56. The highest BCUT2D eigenvalue weighted by atomic mass is 14.9. The summed E-state index contributed by atoms with van der Waals surface area (Å²) >= 11 is 0. The van der Waals surface area contributed by atoms with Crippen molar-refractivity contribution in [2.45, 2.75) is 33.6 Å². The van der Waals surface area contributed by atoms with Gasteiger partial charge < -0.3 is 0 Å². The lowest BCUT2D eigenvalue weighted by atomic mass is 9.95. The summed E-state index contributed by atoms with van der Waals surface area (Å²) in [5.74, 6) is 0.468. The molecule has 0 fully saturated rings. The molecular formula is C21H24N+. The van der Waals surface area contributed by atoms with Crippen molar-refractivity contribution in [2.75, 3.05) is 0 Å². The van der Waals surface area contributed by atoms with E-state index in [0.29, 0.717) is 12.0 Å². The van der Waals surface area contributed by atoms with E-state index in [1.54, 1.807) is 0 Å². The van der Waals surface area contributed by atoms with Gasteiger partial charge in [-0.15, -0.1) is 0 Å². The Morgan fingerprint density at radius 3 is 2.45 bits per heavy atom. The summed E-state index contributed by atoms with van der Waals surface area (Å²) in [5, 5.41) is 2.20. The summed E-state index contributed by atoms with van der Waals surface area (Å²) in [6.45, 7) is 8.57. The molecule has 0 N–H and O–H groups in total. The standard InChI is InChI=1S/C21H24N/c1-14(2)17-10-11-20-18(13-17)12-16(4)22(5)21(20)19-9-7-6-8-15(19)3/h6-14H,1-5H3/q+1/i12D. The van der Waals surface area contributed by atoms with Crippen LogP contribution in [0.4, 0.5) is 0 Å². The van der Waals surface area contributed by atoms with Gasteiger partial charge in [-0.3, -0.25) is 0 Å². The molecule has 0 unspecified atom stereocenters. The molecule has 1 nitrogen and oxygen atoms in total. The van der Waals surface area contributed by atoms with Crippen molar-refractivity contribution in [3.63, 3.8) is 0 Å². The van der Waals surface area contributed by atoms with Gasteiger partial charge in [-0.25, -0.2) is 0 Å². The third-order valence-corrected chi connectivity index (χ3v) is 4.52. The van der Waals surface area contributed by atoms with Gasteiger partial charge in [0.05, 0.1) is 6.76 Å². The summed E-state index contributed by atoms with van der Waals surface area (Å²) < 4.78 is 10.7. The van der Waals surface area contributed by atoms with E-state index >= 15 is 0 Å². The number of aryl methyl sites for hydroxylation is 1. The van der Waals surface area contributed by atoms with Gasteiger partial charge in [0.25, 0.3) is 0 Å². The van der Waals surface area contributed by atoms with Crippen molar-refractivity contribution in [1.82, 2.24) is 0 Å². The molecule has 3 aromatic rings. The van der Waals surface area contributed by atoms with Crippen molar-refractivity contribution in [2.24, 2.45) is 7.05 Å². The smallest absolute Gasteiger partial charge is 0.198 e. The first-order chi connectivity index (χ1) is 10.9. The SMILES string of the molecule is [2H]c1c(C)[n+](C)c(-c2ccccc2C)c2ccc(C(C)C)cc12. The Balaban J connectivity index is 2.45. The molecule has 1 heteroatoms. The summed E-state index contributed by atoms with van der Waals surface area (Å²) in [5.41, 5.74) is 5.98. The van der Waals surface area contributed by atoms with Crippen molar-refractivity contribution in [3.8, 4) is 11.3 Å². The summed E-state index contributed by atoms with van der Waals surface area (Å²) in [6.07, 6.45) is 0. The normalized spacial score (nSPS) is 12.0. The Hall–Kier alpha value is -2.15. The lowest BCUT2D eigenvalue weighted by Gasteiger charge is -2.12. The second kappa shape index (κ2) is 5.57. The first-order valence-electron chi connectivity index (χ1n) is 8.40. The van der Waals surface area contributed by atoms with E-state index in [1.807, 2.05) is 6.92 Å². The maximum absolute atomic E-state index is 8.56. The molecule has 0 saturated heterocycles. The van der Waals surface area contributed by atoms with Crippen molar-refractivity contribution in [1.29, 1.82) is 0 Å². The van der Waals surface area contributed by atoms with Gasteiger partial charge in [0.1, 0.15) is 7.05 Å². The predicted octanol–water partition coefficient (Wildman–Crippen LogP) is 5.07. The second-order valence-electron chi connectivity index (χ2n) is 6.39. The number of rotatable bonds is 2. The van der Waals surface area contributed by atoms with Crippen LogP contribution in [-0.4, -0.2) is 0 Å². The second-order valence-corrected chi connectivity index (χ2v) is 6.39. The van der Waals surface area contributed by atoms with Crippen LogP contribution in [0.25, 0.3) is 22.0 Å². The number of pyridine rings is 1. The molecule has 3 rings (SSSR count). The van der Waals surface area contributed by atoms with Gasteiger partial charge in [0.15, 0.2) is 5.69 Å². The minimum Gasteiger partial charge on any atom is -0.198 e. The molecular weight excluding hydrogens is 266 g/mol. The van der Waals surface area contributed by atoms with Crippen LogP contribution in [0, 0.1) is 13.8 Å². The minimum absolute atomic E-state index is 0.468. The zero-order valence-corrected chi connectivity index (χ0v) is 14.1. The van der Waals surface area contributed by atoms with Crippen LogP contribution in [0.15, 0.2) is 48.5 Å². The monoisotopic (exact) mass is 291 g/mol. The topological polar surface area (TPSA) is 3.88 Å². The van der Waals surface area contributed by atoms with E-state index in [1.165, 1.54) is 22.4 Å². The first kappa shape index (κ1) is 13.5. The fourth-order valence-electron chi connectivity index (χ4n) is 3.02. The van der Waals surface area contributed by atoms with E-state index in [4.69, 9.17) is 1.37 Å². The summed E-state index contributed by atoms with van der Waals surface area (Å²) in [6, 6.07) is 15.7. The van der Waals surface area contributed by atoms with Crippen LogP contribution < -0.4 is 4.57 Å². The molecule has 22 heavy (non-hydrogen) atoms. The molecule has 0 spiro atoms. The fraction of sp³-hybridized carbons (Fsp3) is 0.286. The van der Waals surface area contributed by atoms with Crippen LogP contribution >= 0.6 is 0 Å². The lowest BCUT2D eigenvalue weighted by Crippen LogP contribution is -2.35. The van der Waals surface area contributed by atoms with Gasteiger partial charge in [0, 0.05) is 18.5 Å². The largest absolute Gasteiger partial charge is 0.220 e. The van der Waals surface area contributed by atoms with E-state index in [9.17, 15) is 0 Å². The Labute approximate surface area is 134 Å². The highest BCUT2D eigenvalue weighted by Crippen LogP contribution is 2.30. The van der Waals surface area contributed by atoms with Crippen LogP contribution in [0.1, 0.15) is 38.0 Å². The number of hydrogen-bond acceptors (Lipinski definition) is 0. The van der Waals surface area contributed by atoms with E-state index in [-0.39, 0.29) is 0 Å². The summed E-state index contributed by atoms with van der Waals surface area (Å²) in [7, 11) is 2.06. The quantitative estimate of drug-likeness (QED) is 0.580. The number of hydrogen-bond donors (Lipinski definition) is 0. The highest BCUT2D eigenvalue weighted by Gasteiger charge is 2.19. The molecule has 1 heterocycles. The molecule has 0 aliphatic heterocycles. The number of benzene rings is 2. The van der Waals surface area contributed by atoms with Crippen molar-refractivity contribution >= 4 is 10.8 Å².